The van der Waals surface area contributed by atoms with Crippen LogP contribution in [0.15, 0.2) is 41.1 Å². The number of carbonyl (C=O) groups excluding carboxylic acids is 1. The Morgan fingerprint density at radius 1 is 1.17 bits per heavy atom. The highest BCUT2D eigenvalue weighted by molar-refractivity contribution is 9.10. The molecule has 5 rings (SSSR count). The van der Waals surface area contributed by atoms with Crippen molar-refractivity contribution in [1.29, 1.82) is 0 Å². The summed E-state index contributed by atoms with van der Waals surface area (Å²) in [6.07, 6.45) is -4.26. The van der Waals surface area contributed by atoms with Gasteiger partial charge >= 0.3 is 6.18 Å². The number of halogens is 7. The van der Waals surface area contributed by atoms with Gasteiger partial charge in [-0.2, -0.15) is 13.2 Å². The third kappa shape index (κ3) is 3.91. The Morgan fingerprint density at radius 3 is 2.49 bits per heavy atom. The van der Waals surface area contributed by atoms with Crippen molar-refractivity contribution < 1.29 is 31.1 Å². The standard InChI is InChI=1S/C23H17BrF6N4O/c1-33-11-31-32-17(33)7-21(9-22(26,27)10-21)12-3-2-4-13(5-12)34-8-15-14(20(34)35)6-16(24)19(25)18(15)23(28,29)30/h2-6,11H,7-10H2,1H3. The van der Waals surface area contributed by atoms with Crippen LogP contribution >= 0.6 is 15.9 Å². The van der Waals surface area contributed by atoms with E-state index in [1.165, 1.54) is 18.5 Å². The molecular formula is C23H17BrF6N4O. The van der Waals surface area contributed by atoms with E-state index in [0.29, 0.717) is 11.4 Å². The number of nitrogens with zero attached hydrogens (tertiary/aromatic N) is 4. The fraction of sp³-hybridized carbons (Fsp3) is 0.348. The molecule has 0 radical (unpaired) electrons. The molecule has 0 unspecified atom stereocenters. The number of benzene rings is 2. The van der Waals surface area contributed by atoms with E-state index in [-0.39, 0.29) is 17.7 Å². The Labute approximate surface area is 203 Å². The maximum absolute atomic E-state index is 14.4. The van der Waals surface area contributed by atoms with E-state index in [2.05, 4.69) is 26.1 Å². The number of aromatic nitrogens is 3. The molecule has 1 aliphatic carbocycles. The van der Waals surface area contributed by atoms with E-state index in [1.807, 2.05) is 0 Å². The third-order valence-electron chi connectivity index (χ3n) is 6.67. The van der Waals surface area contributed by atoms with E-state index in [4.69, 9.17) is 0 Å². The average molecular weight is 559 g/mol. The molecule has 3 aromatic rings. The SMILES string of the molecule is Cn1cnnc1CC1(c2cccc(N3Cc4c(cc(Br)c(F)c4C(F)(F)F)C3=O)c2)CC(F)(F)C1. The summed E-state index contributed by atoms with van der Waals surface area (Å²) in [7, 11) is 1.70. The number of anilines is 1. The second kappa shape index (κ2) is 7.81. The van der Waals surface area contributed by atoms with Gasteiger partial charge in [0.15, 0.2) is 0 Å². The number of hydrogen-bond acceptors (Lipinski definition) is 3. The minimum absolute atomic E-state index is 0.174. The minimum atomic E-state index is -5.01. The van der Waals surface area contributed by atoms with Gasteiger partial charge in [0.2, 0.25) is 5.92 Å². The Balaban J connectivity index is 1.53. The number of amides is 1. The van der Waals surface area contributed by atoms with Crippen molar-refractivity contribution in [3.8, 4) is 0 Å². The minimum Gasteiger partial charge on any atom is -0.321 e. The molecule has 1 saturated carbocycles. The van der Waals surface area contributed by atoms with Crippen LogP contribution in [0, 0.1) is 5.82 Å². The third-order valence-corrected chi connectivity index (χ3v) is 7.25. The lowest BCUT2D eigenvalue weighted by Gasteiger charge is -2.48. The Bertz CT molecular complexity index is 1340. The summed E-state index contributed by atoms with van der Waals surface area (Å²) in [5, 5.41) is 7.80. The van der Waals surface area contributed by atoms with Gasteiger partial charge in [0.05, 0.1) is 16.6 Å². The number of aryl methyl sites for hydroxylation is 1. The van der Waals surface area contributed by atoms with Gasteiger partial charge < -0.3 is 9.47 Å². The summed E-state index contributed by atoms with van der Waals surface area (Å²) in [4.78, 5) is 14.2. The van der Waals surface area contributed by atoms with Crippen molar-refractivity contribution in [2.45, 2.75) is 43.3 Å². The fourth-order valence-electron chi connectivity index (χ4n) is 5.04. The molecule has 35 heavy (non-hydrogen) atoms. The summed E-state index contributed by atoms with van der Waals surface area (Å²) in [5.41, 5.74) is -2.46. The maximum atomic E-state index is 14.4. The summed E-state index contributed by atoms with van der Waals surface area (Å²) in [6, 6.07) is 7.30. The van der Waals surface area contributed by atoms with Crippen molar-refractivity contribution in [1.82, 2.24) is 14.8 Å². The highest BCUT2D eigenvalue weighted by Crippen LogP contribution is 2.55. The second-order valence-electron chi connectivity index (χ2n) is 9.04. The highest BCUT2D eigenvalue weighted by Gasteiger charge is 2.57. The lowest BCUT2D eigenvalue weighted by molar-refractivity contribution is -0.140. The monoisotopic (exact) mass is 558 g/mol. The highest BCUT2D eigenvalue weighted by atomic mass is 79.9. The van der Waals surface area contributed by atoms with Crippen molar-refractivity contribution >= 4 is 27.5 Å². The zero-order valence-electron chi connectivity index (χ0n) is 18.1. The Kier molecular flexibility index (Phi) is 5.32. The molecule has 0 atom stereocenters. The topological polar surface area (TPSA) is 51.0 Å². The summed E-state index contributed by atoms with van der Waals surface area (Å²) >= 11 is 2.77. The maximum Gasteiger partial charge on any atom is 0.419 e. The first kappa shape index (κ1) is 23.8. The predicted molar refractivity (Wildman–Crippen MR) is 117 cm³/mol. The van der Waals surface area contributed by atoms with Gasteiger partial charge in [-0.25, -0.2) is 13.2 Å². The van der Waals surface area contributed by atoms with Crippen LogP contribution in [0.4, 0.5) is 32.0 Å². The van der Waals surface area contributed by atoms with Crippen molar-refractivity contribution in [3.63, 3.8) is 0 Å². The second-order valence-corrected chi connectivity index (χ2v) is 9.89. The molecule has 2 aromatic carbocycles. The first-order valence-electron chi connectivity index (χ1n) is 10.5. The zero-order valence-corrected chi connectivity index (χ0v) is 19.7. The van der Waals surface area contributed by atoms with Crippen molar-refractivity contribution in [2.24, 2.45) is 7.05 Å². The van der Waals surface area contributed by atoms with Crippen molar-refractivity contribution in [3.05, 3.63) is 75.0 Å². The van der Waals surface area contributed by atoms with Gasteiger partial charge in [0.1, 0.15) is 18.0 Å². The molecular weight excluding hydrogens is 542 g/mol. The van der Waals surface area contributed by atoms with E-state index in [9.17, 15) is 31.1 Å². The molecule has 5 nitrogen and oxygen atoms in total. The van der Waals surface area contributed by atoms with Crippen LogP contribution in [0.25, 0.3) is 0 Å². The van der Waals surface area contributed by atoms with E-state index in [0.717, 1.165) is 11.0 Å². The molecule has 0 saturated heterocycles. The Morgan fingerprint density at radius 2 is 1.89 bits per heavy atom. The normalized spacial score (nSPS) is 18.5. The van der Waals surface area contributed by atoms with E-state index < -0.39 is 64.2 Å². The molecule has 0 bridgehead atoms. The van der Waals surface area contributed by atoms with Crippen molar-refractivity contribution in [2.75, 3.05) is 4.90 Å². The molecule has 2 heterocycles. The average Bonchev–Trinajstić information content (AvgIpc) is 3.29. The van der Waals surface area contributed by atoms with E-state index in [1.54, 1.807) is 23.7 Å². The number of fused-ring (bicyclic) bond motifs is 1. The van der Waals surface area contributed by atoms with Crippen LogP contribution in [0.1, 0.15) is 45.7 Å². The smallest absolute Gasteiger partial charge is 0.321 e. The lowest BCUT2D eigenvalue weighted by Crippen LogP contribution is -2.51. The number of hydrogen-bond donors (Lipinski definition) is 0. The first-order valence-corrected chi connectivity index (χ1v) is 11.3. The number of alkyl halides is 5. The fourth-order valence-corrected chi connectivity index (χ4v) is 5.47. The summed E-state index contributed by atoms with van der Waals surface area (Å²) in [5.74, 6) is -4.59. The van der Waals surface area contributed by atoms with Gasteiger partial charge in [-0.1, -0.05) is 12.1 Å². The van der Waals surface area contributed by atoms with Crippen LogP contribution in [0.3, 0.4) is 0 Å². The molecule has 0 spiro atoms. The van der Waals surface area contributed by atoms with Crippen LogP contribution in [-0.2, 0) is 31.6 Å². The molecule has 184 valence electrons. The van der Waals surface area contributed by atoms with E-state index >= 15 is 0 Å². The van der Waals surface area contributed by atoms with Gasteiger partial charge in [-0.05, 0) is 45.3 Å². The zero-order chi connectivity index (χ0) is 25.3. The first-order chi connectivity index (χ1) is 16.3. The van der Waals surface area contributed by atoms with Gasteiger partial charge in [0, 0.05) is 43.0 Å². The lowest BCUT2D eigenvalue weighted by atomic mass is 9.60. The number of rotatable bonds is 4. The van der Waals surface area contributed by atoms with Gasteiger partial charge in [-0.15, -0.1) is 10.2 Å². The number of carbonyl (C=O) groups is 1. The van der Waals surface area contributed by atoms with Crippen LogP contribution in [0.5, 0.6) is 0 Å². The summed E-state index contributed by atoms with van der Waals surface area (Å²) in [6.45, 7) is -0.497. The molecule has 1 aliphatic heterocycles. The Hall–Kier alpha value is -2.89. The van der Waals surface area contributed by atoms with Crippen LogP contribution in [0.2, 0.25) is 0 Å². The molecule has 2 aliphatic rings. The largest absolute Gasteiger partial charge is 0.419 e. The molecule has 1 amide bonds. The van der Waals surface area contributed by atoms with Crippen LogP contribution in [-0.4, -0.2) is 26.6 Å². The summed E-state index contributed by atoms with van der Waals surface area (Å²) < 4.78 is 84.6. The van der Waals surface area contributed by atoms with Gasteiger partial charge in [-0.3, -0.25) is 4.79 Å². The van der Waals surface area contributed by atoms with Gasteiger partial charge in [0.25, 0.3) is 5.91 Å². The molecule has 1 aromatic heterocycles. The molecule has 1 fully saturated rings. The quantitative estimate of drug-likeness (QED) is 0.380. The molecule has 0 N–H and O–H groups in total. The predicted octanol–water partition coefficient (Wildman–Crippen LogP) is 5.81. The van der Waals surface area contributed by atoms with Crippen LogP contribution < -0.4 is 4.90 Å². The molecule has 12 heteroatoms.